The van der Waals surface area contributed by atoms with E-state index in [1.807, 2.05) is 24.3 Å². The summed E-state index contributed by atoms with van der Waals surface area (Å²) in [4.78, 5) is 30.9. The van der Waals surface area contributed by atoms with E-state index in [2.05, 4.69) is 17.2 Å². The second kappa shape index (κ2) is 9.33. The molecule has 2 amide bonds. The van der Waals surface area contributed by atoms with E-state index in [-0.39, 0.29) is 24.7 Å². The largest absolute Gasteiger partial charge is 0.497 e. The number of aromatic nitrogens is 1. The van der Waals surface area contributed by atoms with Gasteiger partial charge in [-0.1, -0.05) is 13.3 Å². The third-order valence-corrected chi connectivity index (χ3v) is 4.88. The Labute approximate surface area is 158 Å². The van der Waals surface area contributed by atoms with E-state index in [1.165, 1.54) is 16.2 Å². The Morgan fingerprint density at radius 1 is 1.19 bits per heavy atom. The molecule has 0 radical (unpaired) electrons. The summed E-state index contributed by atoms with van der Waals surface area (Å²) in [5.41, 5.74) is 1.88. The summed E-state index contributed by atoms with van der Waals surface area (Å²) in [5, 5.41) is 3.39. The number of ether oxygens (including phenoxy) is 1. The Balaban J connectivity index is 2.12. The van der Waals surface area contributed by atoms with E-state index in [0.29, 0.717) is 5.13 Å². The summed E-state index contributed by atoms with van der Waals surface area (Å²) in [6, 6.07) is 7.73. The van der Waals surface area contributed by atoms with E-state index >= 15 is 0 Å². The van der Waals surface area contributed by atoms with Gasteiger partial charge in [0.1, 0.15) is 5.75 Å². The molecule has 0 aliphatic rings. The Kier molecular flexibility index (Phi) is 7.15. The first-order chi connectivity index (χ1) is 12.4. The summed E-state index contributed by atoms with van der Waals surface area (Å²) in [6.07, 6.45) is 2.24. The maximum absolute atomic E-state index is 12.1. The predicted octanol–water partition coefficient (Wildman–Crippen LogP) is 3.58. The Morgan fingerprint density at radius 2 is 1.88 bits per heavy atom. The molecule has 0 atom stereocenters. The number of nitrogens with one attached hydrogen (secondary N) is 1. The van der Waals surface area contributed by atoms with Gasteiger partial charge in [-0.15, -0.1) is 11.3 Å². The van der Waals surface area contributed by atoms with Crippen LogP contribution in [0.15, 0.2) is 24.3 Å². The van der Waals surface area contributed by atoms with Crippen molar-refractivity contribution in [3.8, 4) is 17.0 Å². The number of aryl methyl sites for hydroxylation is 1. The number of carbonyl (C=O) groups excluding carboxylic acids is 2. The minimum absolute atomic E-state index is 0.0649. The first-order valence-corrected chi connectivity index (χ1v) is 9.40. The molecule has 1 aromatic heterocycles. The van der Waals surface area contributed by atoms with Crippen molar-refractivity contribution in [3.05, 3.63) is 29.1 Å². The smallest absolute Gasteiger partial charge is 0.226 e. The van der Waals surface area contributed by atoms with Crippen LogP contribution < -0.4 is 10.1 Å². The van der Waals surface area contributed by atoms with Gasteiger partial charge in [0.05, 0.1) is 12.8 Å². The zero-order valence-corrected chi connectivity index (χ0v) is 16.5. The lowest BCUT2D eigenvalue weighted by atomic mass is 10.1. The van der Waals surface area contributed by atoms with Gasteiger partial charge in [-0.3, -0.25) is 9.59 Å². The van der Waals surface area contributed by atoms with Crippen LogP contribution in [-0.4, -0.2) is 42.9 Å². The number of carbonyl (C=O) groups is 2. The molecule has 7 heteroatoms. The lowest BCUT2D eigenvalue weighted by Crippen LogP contribution is -2.23. The molecule has 0 aliphatic carbocycles. The molecule has 0 saturated carbocycles. The maximum Gasteiger partial charge on any atom is 0.226 e. The number of anilines is 1. The van der Waals surface area contributed by atoms with Crippen LogP contribution in [-0.2, 0) is 16.0 Å². The Morgan fingerprint density at radius 3 is 2.46 bits per heavy atom. The Hall–Kier alpha value is -2.41. The molecule has 26 heavy (non-hydrogen) atoms. The van der Waals surface area contributed by atoms with Crippen molar-refractivity contribution in [2.45, 2.75) is 32.6 Å². The minimum atomic E-state index is -0.196. The highest BCUT2D eigenvalue weighted by Crippen LogP contribution is 2.33. The van der Waals surface area contributed by atoms with Crippen LogP contribution >= 0.6 is 11.3 Å². The third kappa shape index (κ3) is 5.29. The number of methoxy groups -OCH3 is 1. The second-order valence-electron chi connectivity index (χ2n) is 6.11. The lowest BCUT2D eigenvalue weighted by Gasteiger charge is -2.09. The van der Waals surface area contributed by atoms with Gasteiger partial charge in [-0.05, 0) is 30.7 Å². The van der Waals surface area contributed by atoms with Crippen molar-refractivity contribution in [1.29, 1.82) is 0 Å². The van der Waals surface area contributed by atoms with Crippen LogP contribution in [0.5, 0.6) is 5.75 Å². The van der Waals surface area contributed by atoms with Gasteiger partial charge in [-0.25, -0.2) is 4.98 Å². The number of amides is 2. The standard InChI is InChI=1S/C19H25N3O3S/c1-5-6-15-18(13-7-9-14(25-4)10-8-13)21-19(26-15)20-16(23)11-12-17(24)22(2)3/h7-10H,5-6,11-12H2,1-4H3,(H,20,21,23). The average Bonchev–Trinajstić information content (AvgIpc) is 3.02. The van der Waals surface area contributed by atoms with Gasteiger partial charge in [-0.2, -0.15) is 0 Å². The van der Waals surface area contributed by atoms with Crippen molar-refractivity contribution in [2.24, 2.45) is 0 Å². The van der Waals surface area contributed by atoms with Gasteiger partial charge in [0, 0.05) is 37.4 Å². The summed E-state index contributed by atoms with van der Waals surface area (Å²) < 4.78 is 5.20. The lowest BCUT2D eigenvalue weighted by molar-refractivity contribution is -0.130. The molecule has 2 aromatic rings. The molecule has 0 fully saturated rings. The van der Waals surface area contributed by atoms with Crippen molar-refractivity contribution in [2.75, 3.05) is 26.5 Å². The topological polar surface area (TPSA) is 71.5 Å². The maximum atomic E-state index is 12.1. The van der Waals surface area contributed by atoms with Gasteiger partial charge in [0.25, 0.3) is 0 Å². The molecule has 0 aliphatic heterocycles. The number of hydrogen-bond acceptors (Lipinski definition) is 5. The molecule has 1 N–H and O–H groups in total. The fourth-order valence-corrected chi connectivity index (χ4v) is 3.50. The van der Waals surface area contributed by atoms with E-state index in [4.69, 9.17) is 4.74 Å². The van der Waals surface area contributed by atoms with Gasteiger partial charge < -0.3 is 15.0 Å². The molecule has 0 bridgehead atoms. The van der Waals surface area contributed by atoms with Crippen LogP contribution in [0.4, 0.5) is 5.13 Å². The highest BCUT2D eigenvalue weighted by Gasteiger charge is 2.15. The van der Waals surface area contributed by atoms with Gasteiger partial charge in [0.2, 0.25) is 11.8 Å². The molecule has 0 spiro atoms. The van der Waals surface area contributed by atoms with Crippen LogP contribution in [0.1, 0.15) is 31.1 Å². The number of hydrogen-bond donors (Lipinski definition) is 1. The molecular weight excluding hydrogens is 350 g/mol. The van der Waals surface area contributed by atoms with Gasteiger partial charge in [0.15, 0.2) is 5.13 Å². The fourth-order valence-electron chi connectivity index (χ4n) is 2.40. The summed E-state index contributed by atoms with van der Waals surface area (Å²) in [6.45, 7) is 2.11. The zero-order valence-electron chi connectivity index (χ0n) is 15.7. The molecule has 1 heterocycles. The number of rotatable bonds is 8. The van der Waals surface area contributed by atoms with Crippen molar-refractivity contribution in [3.63, 3.8) is 0 Å². The zero-order chi connectivity index (χ0) is 19.1. The number of thiazole rings is 1. The van der Waals surface area contributed by atoms with Crippen LogP contribution in [0.25, 0.3) is 11.3 Å². The molecule has 2 rings (SSSR count). The van der Waals surface area contributed by atoms with Crippen molar-refractivity contribution in [1.82, 2.24) is 9.88 Å². The third-order valence-electron chi connectivity index (χ3n) is 3.85. The average molecular weight is 375 g/mol. The first kappa shape index (κ1) is 19.9. The highest BCUT2D eigenvalue weighted by molar-refractivity contribution is 7.16. The normalized spacial score (nSPS) is 10.5. The molecule has 140 valence electrons. The number of benzene rings is 1. The van der Waals surface area contributed by atoms with Gasteiger partial charge >= 0.3 is 0 Å². The highest BCUT2D eigenvalue weighted by atomic mass is 32.1. The molecule has 0 unspecified atom stereocenters. The summed E-state index contributed by atoms with van der Waals surface area (Å²) in [5.74, 6) is 0.531. The Bertz CT molecular complexity index is 754. The van der Waals surface area contributed by atoms with Crippen molar-refractivity contribution >= 4 is 28.3 Å². The molecule has 0 saturated heterocycles. The monoisotopic (exact) mass is 375 g/mol. The second-order valence-corrected chi connectivity index (χ2v) is 7.19. The summed E-state index contributed by atoms with van der Waals surface area (Å²) in [7, 11) is 4.99. The molecule has 6 nitrogen and oxygen atoms in total. The fraction of sp³-hybridized carbons (Fsp3) is 0.421. The van der Waals surface area contributed by atoms with E-state index in [1.54, 1.807) is 21.2 Å². The van der Waals surface area contributed by atoms with Crippen LogP contribution in [0, 0.1) is 0 Å². The van der Waals surface area contributed by atoms with Crippen molar-refractivity contribution < 1.29 is 14.3 Å². The van der Waals surface area contributed by atoms with E-state index in [9.17, 15) is 9.59 Å². The first-order valence-electron chi connectivity index (χ1n) is 8.58. The number of nitrogens with zero attached hydrogens (tertiary/aromatic N) is 2. The SMILES string of the molecule is CCCc1sc(NC(=O)CCC(=O)N(C)C)nc1-c1ccc(OC)cc1. The predicted molar refractivity (Wildman–Crippen MR) is 105 cm³/mol. The minimum Gasteiger partial charge on any atom is -0.497 e. The summed E-state index contributed by atoms with van der Waals surface area (Å²) >= 11 is 1.49. The quantitative estimate of drug-likeness (QED) is 0.765. The molecule has 1 aromatic carbocycles. The molecular formula is C19H25N3O3S. The van der Waals surface area contributed by atoms with E-state index in [0.717, 1.165) is 34.7 Å². The van der Waals surface area contributed by atoms with E-state index < -0.39 is 0 Å². The van der Waals surface area contributed by atoms with Crippen LogP contribution in [0.2, 0.25) is 0 Å². The van der Waals surface area contributed by atoms with Crippen LogP contribution in [0.3, 0.4) is 0 Å².